The summed E-state index contributed by atoms with van der Waals surface area (Å²) in [6.07, 6.45) is 1.32. The molecule has 0 aromatic heterocycles. The number of rotatable bonds is 8. The Hall–Kier alpha value is -2.77. The lowest BCUT2D eigenvalue weighted by Gasteiger charge is -2.43. The molecule has 0 saturated carbocycles. The number of nitrogens with zero attached hydrogens (tertiary/aromatic N) is 1. The van der Waals surface area contributed by atoms with Crippen molar-refractivity contribution in [2.45, 2.75) is 62.1 Å². The average molecular weight is 623 g/mol. The Morgan fingerprint density at radius 1 is 1.19 bits per heavy atom. The quantitative estimate of drug-likeness (QED) is 0.354. The van der Waals surface area contributed by atoms with Crippen LogP contribution >= 0.6 is 11.6 Å². The van der Waals surface area contributed by atoms with Crippen LogP contribution in [0.4, 0.5) is 14.9 Å². The fourth-order valence-corrected chi connectivity index (χ4v) is 8.46. The Kier molecular flexibility index (Phi) is 9.38. The molecule has 0 radical (unpaired) electrons. The third-order valence-corrected chi connectivity index (χ3v) is 11.0. The van der Waals surface area contributed by atoms with Gasteiger partial charge in [0.1, 0.15) is 11.9 Å². The van der Waals surface area contributed by atoms with Gasteiger partial charge in [-0.15, -0.1) is 0 Å². The van der Waals surface area contributed by atoms with E-state index in [1.165, 1.54) is 12.1 Å². The molecular weight excluding hydrogens is 587 g/mol. The van der Waals surface area contributed by atoms with E-state index in [4.69, 9.17) is 16.3 Å². The normalized spacial score (nSPS) is 25.5. The second kappa shape index (κ2) is 12.8. The van der Waals surface area contributed by atoms with Crippen molar-refractivity contribution in [1.82, 2.24) is 14.9 Å². The van der Waals surface area contributed by atoms with Gasteiger partial charge in [0.25, 0.3) is 0 Å². The molecule has 3 aliphatic rings. The number of sulfonamides is 1. The van der Waals surface area contributed by atoms with E-state index in [0.29, 0.717) is 57.0 Å². The fraction of sp³-hybridized carbons (Fsp3) is 0.517. The number of carbonyl (C=O) groups is 2. The van der Waals surface area contributed by atoms with E-state index in [9.17, 15) is 23.1 Å². The summed E-state index contributed by atoms with van der Waals surface area (Å²) in [6.45, 7) is 1.52. The molecule has 0 spiro atoms. The molecule has 0 aliphatic carbocycles. The second-order valence-corrected chi connectivity index (χ2v) is 13.7. The monoisotopic (exact) mass is 622 g/mol. The summed E-state index contributed by atoms with van der Waals surface area (Å²) < 4.78 is 48.1. The van der Waals surface area contributed by atoms with Gasteiger partial charge in [0.15, 0.2) is 0 Å². The zero-order chi connectivity index (χ0) is 29.9. The van der Waals surface area contributed by atoms with Crippen LogP contribution in [0.15, 0.2) is 42.5 Å². The van der Waals surface area contributed by atoms with E-state index in [-0.39, 0.29) is 35.5 Å². The van der Waals surface area contributed by atoms with Gasteiger partial charge in [-0.2, -0.15) is 4.31 Å². The molecule has 5 rings (SSSR count). The number of piperazine rings is 1. The van der Waals surface area contributed by atoms with Crippen LogP contribution in [0.2, 0.25) is 5.02 Å². The van der Waals surface area contributed by atoms with E-state index in [1.807, 2.05) is 0 Å². The summed E-state index contributed by atoms with van der Waals surface area (Å²) >= 11 is 6.11. The highest BCUT2D eigenvalue weighted by atomic mass is 35.5. The second-order valence-electron chi connectivity index (χ2n) is 11.2. The van der Waals surface area contributed by atoms with Crippen LogP contribution in [0.3, 0.4) is 0 Å². The van der Waals surface area contributed by atoms with E-state index in [1.54, 1.807) is 34.6 Å². The molecule has 4 atom stereocenters. The van der Waals surface area contributed by atoms with Gasteiger partial charge in [-0.05, 0) is 68.4 Å². The number of halogens is 2. The summed E-state index contributed by atoms with van der Waals surface area (Å²) in [7, 11) is -3.41. The van der Waals surface area contributed by atoms with Crippen LogP contribution in [-0.4, -0.2) is 80.0 Å². The van der Waals surface area contributed by atoms with E-state index in [0.717, 1.165) is 12.0 Å². The van der Waals surface area contributed by atoms with E-state index < -0.39 is 39.3 Å². The van der Waals surface area contributed by atoms with Crippen molar-refractivity contribution in [3.8, 4) is 0 Å². The minimum atomic E-state index is -3.41. The highest BCUT2D eigenvalue weighted by Gasteiger charge is 2.47. The number of benzene rings is 2. The van der Waals surface area contributed by atoms with E-state index in [2.05, 4.69) is 16.0 Å². The number of nitrogens with one attached hydrogen (secondary N) is 3. The summed E-state index contributed by atoms with van der Waals surface area (Å²) in [6, 6.07) is 9.86. The van der Waals surface area contributed by atoms with Crippen molar-refractivity contribution in [2.24, 2.45) is 0 Å². The minimum Gasteiger partial charge on any atom is -0.465 e. The number of hydrogen-bond acceptors (Lipinski definition) is 6. The van der Waals surface area contributed by atoms with Crippen LogP contribution in [0.5, 0.6) is 0 Å². The lowest BCUT2D eigenvalue weighted by atomic mass is 9.68. The van der Waals surface area contributed by atoms with Crippen LogP contribution in [0, 0.1) is 5.82 Å². The summed E-state index contributed by atoms with van der Waals surface area (Å²) in [4.78, 5) is 25.8. The van der Waals surface area contributed by atoms with Gasteiger partial charge in [-0.3, -0.25) is 4.79 Å². The lowest BCUT2D eigenvalue weighted by Crippen LogP contribution is -2.58. The first-order chi connectivity index (χ1) is 20.1. The molecular formula is C29H36ClFN4O6S. The van der Waals surface area contributed by atoms with E-state index >= 15 is 4.39 Å². The fourth-order valence-electron chi connectivity index (χ4n) is 6.53. The SMILES string of the molecule is O=C(O)N[C@H](C(=O)Nc1cccc(F)c1CC[C@H]1CNC2CCCS(=O)(=O)N1C2)C1(c2ccc(Cl)cc2)CCOCC1. The van der Waals surface area contributed by atoms with Crippen molar-refractivity contribution >= 4 is 39.3 Å². The number of carboxylic acid groups (broad SMARTS) is 1. The summed E-state index contributed by atoms with van der Waals surface area (Å²) in [5.74, 6) is -1.06. The number of fused-ring (bicyclic) bond motifs is 2. The standard InChI is InChI=1S/C29H36ClFN4O6S/c30-20-8-6-19(7-9-20)29(12-14-41-15-13-29)26(34-28(37)38)27(36)33-25-5-1-4-24(31)23(25)11-10-22-17-32-21-3-2-16-42(39,40)35(22)18-21/h1,4-9,21-22,26,32,34H,2-3,10-18H2,(H,33,36)(H,37,38)/t21?,22-,26+/m0/s1. The van der Waals surface area contributed by atoms with Crippen molar-refractivity contribution in [1.29, 1.82) is 0 Å². The number of anilines is 1. The van der Waals surface area contributed by atoms with Crippen LogP contribution in [0.25, 0.3) is 0 Å². The van der Waals surface area contributed by atoms with Gasteiger partial charge >= 0.3 is 6.09 Å². The molecule has 228 valence electrons. The van der Waals surface area contributed by atoms with Gasteiger partial charge in [0.2, 0.25) is 15.9 Å². The van der Waals surface area contributed by atoms with Gasteiger partial charge < -0.3 is 25.8 Å². The first-order valence-corrected chi connectivity index (χ1v) is 16.2. The molecule has 13 heteroatoms. The zero-order valence-corrected chi connectivity index (χ0v) is 24.7. The van der Waals surface area contributed by atoms with Crippen molar-refractivity contribution in [3.05, 3.63) is 64.4 Å². The third-order valence-electron chi connectivity index (χ3n) is 8.75. The maximum Gasteiger partial charge on any atom is 0.405 e. The molecule has 3 aliphatic heterocycles. The largest absolute Gasteiger partial charge is 0.465 e. The molecule has 42 heavy (non-hydrogen) atoms. The Morgan fingerprint density at radius 3 is 2.64 bits per heavy atom. The van der Waals surface area contributed by atoms with Gasteiger partial charge in [0, 0.05) is 60.1 Å². The van der Waals surface area contributed by atoms with Crippen molar-refractivity contribution in [2.75, 3.05) is 37.4 Å². The van der Waals surface area contributed by atoms with Gasteiger partial charge in [0.05, 0.1) is 5.75 Å². The van der Waals surface area contributed by atoms with Crippen LogP contribution in [-0.2, 0) is 31.4 Å². The predicted molar refractivity (Wildman–Crippen MR) is 157 cm³/mol. The highest BCUT2D eigenvalue weighted by Crippen LogP contribution is 2.39. The number of ether oxygens (including phenoxy) is 1. The van der Waals surface area contributed by atoms with Crippen molar-refractivity contribution in [3.63, 3.8) is 0 Å². The lowest BCUT2D eigenvalue weighted by molar-refractivity contribution is -0.121. The first-order valence-electron chi connectivity index (χ1n) is 14.2. The van der Waals surface area contributed by atoms with Gasteiger partial charge in [-0.25, -0.2) is 17.6 Å². The number of carbonyl (C=O) groups excluding carboxylic acids is 1. The summed E-state index contributed by atoms with van der Waals surface area (Å²) in [5, 5.41) is 18.9. The molecule has 10 nitrogen and oxygen atoms in total. The molecule has 3 heterocycles. The molecule has 2 aromatic rings. The number of hydrogen-bond donors (Lipinski definition) is 4. The average Bonchev–Trinajstić information content (AvgIpc) is 3.08. The Labute approximate surface area is 250 Å². The molecule has 4 N–H and O–H groups in total. The molecule has 2 aromatic carbocycles. The predicted octanol–water partition coefficient (Wildman–Crippen LogP) is 3.50. The number of amides is 2. The molecule has 2 unspecified atom stereocenters. The highest BCUT2D eigenvalue weighted by molar-refractivity contribution is 7.89. The Morgan fingerprint density at radius 2 is 1.93 bits per heavy atom. The maximum absolute atomic E-state index is 15.2. The van der Waals surface area contributed by atoms with Crippen LogP contribution in [0.1, 0.15) is 43.2 Å². The minimum absolute atomic E-state index is 0.0983. The first kappa shape index (κ1) is 30.7. The smallest absolute Gasteiger partial charge is 0.405 e. The topological polar surface area (TPSA) is 137 Å². The molecule has 3 fully saturated rings. The Balaban J connectivity index is 1.40. The molecule has 2 amide bonds. The van der Waals surface area contributed by atoms with Crippen molar-refractivity contribution < 1.29 is 32.2 Å². The maximum atomic E-state index is 15.2. The summed E-state index contributed by atoms with van der Waals surface area (Å²) in [5.41, 5.74) is 0.271. The third kappa shape index (κ3) is 6.57. The van der Waals surface area contributed by atoms with Crippen LogP contribution < -0.4 is 16.0 Å². The zero-order valence-electron chi connectivity index (χ0n) is 23.2. The van der Waals surface area contributed by atoms with Gasteiger partial charge in [-0.1, -0.05) is 29.8 Å². The molecule has 2 bridgehead atoms. The Bertz CT molecular complexity index is 1400. The molecule has 3 saturated heterocycles.